The van der Waals surface area contributed by atoms with Gasteiger partial charge in [0, 0.05) is 0 Å². The zero-order chi connectivity index (χ0) is 7.49. The zero-order valence-corrected chi connectivity index (χ0v) is 6.21. The SMILES string of the molecule is C[CH][C@H](C)OP(=O)(O)O. The Labute approximate surface area is 54.1 Å². The van der Waals surface area contributed by atoms with Crippen LogP contribution in [-0.2, 0) is 9.09 Å². The summed E-state index contributed by atoms with van der Waals surface area (Å²) in [5, 5.41) is 0. The quantitative estimate of drug-likeness (QED) is 0.586. The minimum atomic E-state index is -4.27. The Balaban J connectivity index is 3.60. The highest BCUT2D eigenvalue weighted by atomic mass is 31.2. The van der Waals surface area contributed by atoms with Gasteiger partial charge in [-0.15, -0.1) is 0 Å². The molecule has 0 rings (SSSR count). The first-order valence-corrected chi connectivity index (χ1v) is 4.02. The van der Waals surface area contributed by atoms with Crippen LogP contribution in [0.5, 0.6) is 0 Å². The molecule has 4 nitrogen and oxygen atoms in total. The van der Waals surface area contributed by atoms with Crippen LogP contribution in [-0.4, -0.2) is 15.9 Å². The molecule has 0 aromatic rings. The van der Waals surface area contributed by atoms with Crippen LogP contribution in [0.4, 0.5) is 0 Å². The van der Waals surface area contributed by atoms with Crippen LogP contribution in [0.3, 0.4) is 0 Å². The maximum absolute atomic E-state index is 10.1. The fraction of sp³-hybridized carbons (Fsp3) is 0.750. The van der Waals surface area contributed by atoms with E-state index in [2.05, 4.69) is 4.52 Å². The highest BCUT2D eigenvalue weighted by molar-refractivity contribution is 7.46. The van der Waals surface area contributed by atoms with Crippen molar-refractivity contribution in [1.29, 1.82) is 0 Å². The van der Waals surface area contributed by atoms with Gasteiger partial charge in [0.15, 0.2) is 0 Å². The molecule has 0 heterocycles. The third kappa shape index (κ3) is 5.99. The Kier molecular flexibility index (Phi) is 3.36. The van der Waals surface area contributed by atoms with E-state index in [1.54, 1.807) is 20.3 Å². The van der Waals surface area contributed by atoms with Crippen LogP contribution in [0, 0.1) is 6.42 Å². The first kappa shape index (κ1) is 9.11. The van der Waals surface area contributed by atoms with Crippen LogP contribution in [0.25, 0.3) is 0 Å². The lowest BCUT2D eigenvalue weighted by molar-refractivity contribution is 0.163. The number of phosphoric acid groups is 1. The molecule has 9 heavy (non-hydrogen) atoms. The van der Waals surface area contributed by atoms with E-state index in [4.69, 9.17) is 9.79 Å². The Morgan fingerprint density at radius 2 is 2.11 bits per heavy atom. The summed E-state index contributed by atoms with van der Waals surface area (Å²) in [6.07, 6.45) is 1.06. The molecule has 55 valence electrons. The summed E-state index contributed by atoms with van der Waals surface area (Å²) in [5.41, 5.74) is 0. The third-order valence-electron chi connectivity index (χ3n) is 0.773. The Bertz CT molecular complexity index is 118. The molecule has 0 saturated carbocycles. The molecular weight excluding hydrogens is 143 g/mol. The lowest BCUT2D eigenvalue weighted by Gasteiger charge is -2.09. The van der Waals surface area contributed by atoms with Gasteiger partial charge in [0.05, 0.1) is 6.10 Å². The van der Waals surface area contributed by atoms with Gasteiger partial charge in [0.25, 0.3) is 0 Å². The van der Waals surface area contributed by atoms with Crippen molar-refractivity contribution in [2.45, 2.75) is 20.0 Å². The summed E-state index contributed by atoms with van der Waals surface area (Å²) in [6.45, 7) is 3.22. The van der Waals surface area contributed by atoms with E-state index in [-0.39, 0.29) is 0 Å². The van der Waals surface area contributed by atoms with E-state index in [1.165, 1.54) is 0 Å². The van der Waals surface area contributed by atoms with E-state index in [0.717, 1.165) is 0 Å². The Morgan fingerprint density at radius 1 is 1.67 bits per heavy atom. The highest BCUT2D eigenvalue weighted by Gasteiger charge is 2.16. The van der Waals surface area contributed by atoms with Gasteiger partial charge in [0.1, 0.15) is 0 Å². The average Bonchev–Trinajstić information content (AvgIpc) is 1.62. The van der Waals surface area contributed by atoms with Gasteiger partial charge in [-0.05, 0) is 13.3 Å². The molecule has 0 spiro atoms. The third-order valence-corrected chi connectivity index (χ3v) is 1.38. The van der Waals surface area contributed by atoms with Gasteiger partial charge in [0.2, 0.25) is 0 Å². The summed E-state index contributed by atoms with van der Waals surface area (Å²) < 4.78 is 14.3. The monoisotopic (exact) mass is 153 g/mol. The molecular formula is C4H10O4P. The molecule has 1 atom stereocenters. The molecule has 0 unspecified atom stereocenters. The molecule has 0 bridgehead atoms. The Hall–Kier alpha value is 0.110. The van der Waals surface area contributed by atoms with Crippen molar-refractivity contribution >= 4 is 7.82 Å². The first-order chi connectivity index (χ1) is 3.95. The van der Waals surface area contributed by atoms with Crippen molar-refractivity contribution in [2.24, 2.45) is 0 Å². The van der Waals surface area contributed by atoms with E-state index in [1.807, 2.05) is 0 Å². The summed E-state index contributed by atoms with van der Waals surface area (Å²) in [7, 11) is -4.27. The van der Waals surface area contributed by atoms with Crippen molar-refractivity contribution in [3.63, 3.8) is 0 Å². The van der Waals surface area contributed by atoms with Crippen LogP contribution in [0.2, 0.25) is 0 Å². The van der Waals surface area contributed by atoms with Crippen LogP contribution in [0.15, 0.2) is 0 Å². The van der Waals surface area contributed by atoms with Crippen molar-refractivity contribution in [3.8, 4) is 0 Å². The average molecular weight is 153 g/mol. The summed E-state index contributed by atoms with van der Waals surface area (Å²) in [5.74, 6) is 0. The normalized spacial score (nSPS) is 15.6. The van der Waals surface area contributed by atoms with Gasteiger partial charge in [-0.3, -0.25) is 4.52 Å². The van der Waals surface area contributed by atoms with Crippen LogP contribution >= 0.6 is 7.82 Å². The van der Waals surface area contributed by atoms with E-state index in [9.17, 15) is 4.57 Å². The van der Waals surface area contributed by atoms with Gasteiger partial charge < -0.3 is 9.79 Å². The highest BCUT2D eigenvalue weighted by Crippen LogP contribution is 2.37. The van der Waals surface area contributed by atoms with Gasteiger partial charge in [-0.1, -0.05) is 6.92 Å². The predicted molar refractivity (Wildman–Crippen MR) is 32.6 cm³/mol. The van der Waals surface area contributed by atoms with Gasteiger partial charge in [-0.2, -0.15) is 0 Å². The number of rotatable bonds is 3. The first-order valence-electron chi connectivity index (χ1n) is 2.49. The summed E-state index contributed by atoms with van der Waals surface area (Å²) in [6, 6.07) is 0. The molecule has 0 aromatic carbocycles. The second kappa shape index (κ2) is 3.32. The van der Waals surface area contributed by atoms with Crippen LogP contribution in [0.1, 0.15) is 13.8 Å². The van der Waals surface area contributed by atoms with E-state index >= 15 is 0 Å². The molecule has 2 N–H and O–H groups in total. The lowest BCUT2D eigenvalue weighted by atomic mass is 10.3. The lowest BCUT2D eigenvalue weighted by Crippen LogP contribution is -2.04. The number of hydrogen-bond acceptors (Lipinski definition) is 2. The van der Waals surface area contributed by atoms with E-state index in [0.29, 0.717) is 0 Å². The standard InChI is InChI=1S/C4H10O4P/c1-3-4(2)8-9(5,6)7/h3-4H,1-2H3,(H2,5,6,7)/t4-/m0/s1. The molecule has 1 radical (unpaired) electrons. The zero-order valence-electron chi connectivity index (χ0n) is 5.31. The fourth-order valence-corrected chi connectivity index (χ4v) is 0.832. The van der Waals surface area contributed by atoms with Gasteiger partial charge in [-0.25, -0.2) is 4.57 Å². The number of hydrogen-bond donors (Lipinski definition) is 2. The van der Waals surface area contributed by atoms with Crippen molar-refractivity contribution in [2.75, 3.05) is 0 Å². The molecule has 0 aliphatic heterocycles. The molecule has 0 aromatic heterocycles. The fourth-order valence-electron chi connectivity index (χ4n) is 0.277. The second-order valence-corrected chi connectivity index (χ2v) is 2.83. The molecule has 0 saturated heterocycles. The maximum atomic E-state index is 10.1. The number of phosphoric ester groups is 1. The molecule has 5 heteroatoms. The van der Waals surface area contributed by atoms with Gasteiger partial charge >= 0.3 is 7.82 Å². The van der Waals surface area contributed by atoms with Crippen molar-refractivity contribution in [1.82, 2.24) is 0 Å². The van der Waals surface area contributed by atoms with Crippen molar-refractivity contribution in [3.05, 3.63) is 6.42 Å². The predicted octanol–water partition coefficient (Wildman–Crippen LogP) is 0.708. The Morgan fingerprint density at radius 3 is 2.22 bits per heavy atom. The molecule has 0 aliphatic carbocycles. The maximum Gasteiger partial charge on any atom is 0.469 e. The van der Waals surface area contributed by atoms with Crippen molar-refractivity contribution < 1.29 is 18.9 Å². The largest absolute Gasteiger partial charge is 0.469 e. The molecule has 0 aliphatic rings. The van der Waals surface area contributed by atoms with Crippen LogP contribution < -0.4 is 0 Å². The summed E-state index contributed by atoms with van der Waals surface area (Å²) >= 11 is 0. The molecule has 0 fully saturated rings. The smallest absolute Gasteiger partial charge is 0.303 e. The summed E-state index contributed by atoms with van der Waals surface area (Å²) in [4.78, 5) is 16.4. The minimum Gasteiger partial charge on any atom is -0.303 e. The molecule has 0 amide bonds. The minimum absolute atomic E-state index is 0.495. The topological polar surface area (TPSA) is 66.8 Å². The van der Waals surface area contributed by atoms with E-state index < -0.39 is 13.9 Å². The second-order valence-electron chi connectivity index (χ2n) is 1.63.